The Bertz CT molecular complexity index is 767. The zero-order valence-electron chi connectivity index (χ0n) is 19.6. The van der Waals surface area contributed by atoms with E-state index in [1.165, 1.54) is 10.5 Å². The molecule has 0 aliphatic carbocycles. The van der Waals surface area contributed by atoms with Crippen molar-refractivity contribution in [3.05, 3.63) is 29.8 Å². The second-order valence-electron chi connectivity index (χ2n) is 9.48. The maximum absolute atomic E-state index is 13.0. The van der Waals surface area contributed by atoms with Crippen LogP contribution in [-0.2, 0) is 24.5 Å². The first-order valence-electron chi connectivity index (χ1n) is 11.0. The summed E-state index contributed by atoms with van der Waals surface area (Å²) in [5, 5.41) is 2.72. The summed E-state index contributed by atoms with van der Waals surface area (Å²) in [7, 11) is 0. The third kappa shape index (κ3) is 7.26. The Balaban J connectivity index is 2.01. The number of carbonyl (C=O) groups is 3. The van der Waals surface area contributed by atoms with E-state index in [4.69, 9.17) is 9.47 Å². The fourth-order valence-electron chi connectivity index (χ4n) is 3.33. The molecule has 1 heterocycles. The first-order valence-corrected chi connectivity index (χ1v) is 11.0. The Hall–Kier alpha value is -2.57. The monoisotopic (exact) mass is 432 g/mol. The average Bonchev–Trinajstić information content (AvgIpc) is 2.68. The Labute approximate surface area is 185 Å². The van der Waals surface area contributed by atoms with Gasteiger partial charge in [0.1, 0.15) is 11.8 Å². The van der Waals surface area contributed by atoms with E-state index in [0.29, 0.717) is 31.4 Å². The van der Waals surface area contributed by atoms with Crippen molar-refractivity contribution in [2.24, 2.45) is 5.92 Å². The number of nitrogens with zero attached hydrogens (tertiary/aromatic N) is 1. The van der Waals surface area contributed by atoms with Gasteiger partial charge in [0, 0.05) is 13.1 Å². The lowest BCUT2D eigenvalue weighted by atomic mass is 9.87. The smallest absolute Gasteiger partial charge is 0.308 e. The highest BCUT2D eigenvalue weighted by atomic mass is 16.5. The highest BCUT2D eigenvalue weighted by Gasteiger charge is 2.37. The standard InChI is InChI=1S/C24H36N2O5/c1-16(2)11-14-30-21(27)15-20-22(28)25-12-13-26(20)23(29)17(3)31-19-9-7-18(8-10-19)24(4,5)6/h7-10,16-17,20H,11-15H2,1-6H3,(H,25,28). The van der Waals surface area contributed by atoms with Gasteiger partial charge in [0.2, 0.25) is 5.91 Å². The Morgan fingerprint density at radius 3 is 2.39 bits per heavy atom. The zero-order valence-corrected chi connectivity index (χ0v) is 19.6. The van der Waals surface area contributed by atoms with Gasteiger partial charge < -0.3 is 19.7 Å². The van der Waals surface area contributed by atoms with E-state index < -0.39 is 18.1 Å². The lowest BCUT2D eigenvalue weighted by Gasteiger charge is -2.36. The quantitative estimate of drug-likeness (QED) is 0.638. The molecule has 1 aliphatic heterocycles. The van der Waals surface area contributed by atoms with Gasteiger partial charge in [0.15, 0.2) is 6.10 Å². The molecule has 2 amide bonds. The molecule has 0 radical (unpaired) electrons. The predicted octanol–water partition coefficient (Wildman–Crippen LogP) is 3.06. The summed E-state index contributed by atoms with van der Waals surface area (Å²) < 4.78 is 11.1. The highest BCUT2D eigenvalue weighted by Crippen LogP contribution is 2.25. The van der Waals surface area contributed by atoms with Crippen molar-refractivity contribution in [2.45, 2.75) is 71.9 Å². The van der Waals surface area contributed by atoms with E-state index in [2.05, 4.69) is 26.1 Å². The van der Waals surface area contributed by atoms with E-state index in [1.54, 1.807) is 6.92 Å². The number of carbonyl (C=O) groups excluding carboxylic acids is 3. The van der Waals surface area contributed by atoms with Crippen molar-refractivity contribution in [2.75, 3.05) is 19.7 Å². The molecule has 7 heteroatoms. The first kappa shape index (κ1) is 24.7. The zero-order chi connectivity index (χ0) is 23.2. The van der Waals surface area contributed by atoms with Crippen LogP contribution in [-0.4, -0.2) is 54.5 Å². The number of ether oxygens (including phenoxy) is 2. The van der Waals surface area contributed by atoms with Gasteiger partial charge in [-0.15, -0.1) is 0 Å². The third-order valence-corrected chi connectivity index (χ3v) is 5.31. The lowest BCUT2D eigenvalue weighted by molar-refractivity contribution is -0.154. The van der Waals surface area contributed by atoms with Gasteiger partial charge in [0.05, 0.1) is 13.0 Å². The van der Waals surface area contributed by atoms with Crippen LogP contribution in [0, 0.1) is 5.92 Å². The van der Waals surface area contributed by atoms with E-state index in [0.717, 1.165) is 6.42 Å². The van der Waals surface area contributed by atoms with Gasteiger partial charge in [-0.3, -0.25) is 14.4 Å². The molecule has 31 heavy (non-hydrogen) atoms. The van der Waals surface area contributed by atoms with Crippen LogP contribution in [0.3, 0.4) is 0 Å². The van der Waals surface area contributed by atoms with Crippen molar-refractivity contribution in [1.82, 2.24) is 10.2 Å². The highest BCUT2D eigenvalue weighted by molar-refractivity contribution is 5.93. The van der Waals surface area contributed by atoms with E-state index in [-0.39, 0.29) is 23.7 Å². The van der Waals surface area contributed by atoms with Crippen LogP contribution in [0.5, 0.6) is 5.75 Å². The minimum atomic E-state index is -0.887. The van der Waals surface area contributed by atoms with E-state index >= 15 is 0 Å². The van der Waals surface area contributed by atoms with E-state index in [9.17, 15) is 14.4 Å². The lowest BCUT2D eigenvalue weighted by Crippen LogP contribution is -2.60. The number of hydrogen-bond donors (Lipinski definition) is 1. The molecular formula is C24H36N2O5. The van der Waals surface area contributed by atoms with Gasteiger partial charge in [0.25, 0.3) is 5.91 Å². The van der Waals surface area contributed by atoms with Gasteiger partial charge in [-0.05, 0) is 42.4 Å². The van der Waals surface area contributed by atoms with Crippen LogP contribution in [0.15, 0.2) is 24.3 Å². The van der Waals surface area contributed by atoms with Gasteiger partial charge in [-0.2, -0.15) is 0 Å². The first-order chi connectivity index (χ1) is 14.5. The summed E-state index contributed by atoms with van der Waals surface area (Å²) >= 11 is 0. The third-order valence-electron chi connectivity index (χ3n) is 5.31. The number of piperazine rings is 1. The molecular weight excluding hydrogens is 396 g/mol. The molecule has 2 rings (SSSR count). The van der Waals surface area contributed by atoms with Crippen molar-refractivity contribution in [3.8, 4) is 5.75 Å². The number of nitrogens with one attached hydrogen (secondary N) is 1. The second kappa shape index (κ2) is 10.6. The fraction of sp³-hybridized carbons (Fsp3) is 0.625. The molecule has 172 valence electrons. The molecule has 1 saturated heterocycles. The number of benzene rings is 1. The molecule has 1 aromatic rings. The SMILES string of the molecule is CC(C)CCOC(=O)CC1C(=O)NCCN1C(=O)C(C)Oc1ccc(C(C)(C)C)cc1. The van der Waals surface area contributed by atoms with Crippen LogP contribution in [0.1, 0.15) is 59.9 Å². The fourth-order valence-corrected chi connectivity index (χ4v) is 3.33. The molecule has 0 bridgehead atoms. The summed E-state index contributed by atoms with van der Waals surface area (Å²) in [6, 6.07) is 6.77. The minimum Gasteiger partial charge on any atom is -0.481 e. The molecule has 0 saturated carbocycles. The topological polar surface area (TPSA) is 84.9 Å². The molecule has 2 atom stereocenters. The maximum atomic E-state index is 13.0. The van der Waals surface area contributed by atoms with Gasteiger partial charge in [-0.1, -0.05) is 46.8 Å². The van der Waals surface area contributed by atoms with Crippen molar-refractivity contribution in [1.29, 1.82) is 0 Å². The summed E-state index contributed by atoms with van der Waals surface area (Å²) in [6.45, 7) is 13.1. The molecule has 0 aromatic heterocycles. The van der Waals surface area contributed by atoms with Crippen molar-refractivity contribution in [3.63, 3.8) is 0 Å². The Morgan fingerprint density at radius 2 is 1.81 bits per heavy atom. The molecule has 7 nitrogen and oxygen atoms in total. The molecule has 1 aromatic carbocycles. The number of esters is 1. The van der Waals surface area contributed by atoms with Crippen LogP contribution < -0.4 is 10.1 Å². The van der Waals surface area contributed by atoms with Crippen LogP contribution in [0.4, 0.5) is 0 Å². The molecule has 2 unspecified atom stereocenters. The normalized spacial score (nSPS) is 17.8. The van der Waals surface area contributed by atoms with Gasteiger partial charge in [-0.25, -0.2) is 0 Å². The Kier molecular flexibility index (Phi) is 8.48. The predicted molar refractivity (Wildman–Crippen MR) is 119 cm³/mol. The summed E-state index contributed by atoms with van der Waals surface area (Å²) in [5.74, 6) is -0.150. The van der Waals surface area contributed by atoms with Gasteiger partial charge >= 0.3 is 5.97 Å². The van der Waals surface area contributed by atoms with Crippen LogP contribution >= 0.6 is 0 Å². The van der Waals surface area contributed by atoms with Crippen LogP contribution in [0.25, 0.3) is 0 Å². The molecule has 1 N–H and O–H groups in total. The maximum Gasteiger partial charge on any atom is 0.308 e. The van der Waals surface area contributed by atoms with Crippen LogP contribution in [0.2, 0.25) is 0 Å². The Morgan fingerprint density at radius 1 is 1.16 bits per heavy atom. The van der Waals surface area contributed by atoms with Crippen molar-refractivity contribution < 1.29 is 23.9 Å². The molecule has 1 fully saturated rings. The molecule has 0 spiro atoms. The number of hydrogen-bond acceptors (Lipinski definition) is 5. The number of amides is 2. The molecule has 1 aliphatic rings. The summed E-state index contributed by atoms with van der Waals surface area (Å²) in [4.78, 5) is 39.1. The minimum absolute atomic E-state index is 0.0259. The van der Waals surface area contributed by atoms with Crippen molar-refractivity contribution >= 4 is 17.8 Å². The largest absolute Gasteiger partial charge is 0.481 e. The summed E-state index contributed by atoms with van der Waals surface area (Å²) in [6.07, 6.45) is -0.196. The second-order valence-corrected chi connectivity index (χ2v) is 9.48. The van der Waals surface area contributed by atoms with E-state index in [1.807, 2.05) is 38.1 Å². The summed E-state index contributed by atoms with van der Waals surface area (Å²) in [5.41, 5.74) is 1.19. The average molecular weight is 433 g/mol. The number of rotatable bonds is 8.